The molecule has 2 N–H and O–H groups in total. The van der Waals surface area contributed by atoms with Crippen molar-refractivity contribution in [1.82, 2.24) is 4.90 Å². The summed E-state index contributed by atoms with van der Waals surface area (Å²) in [6.07, 6.45) is -4.71. The number of para-hydroxylation sites is 1. The molecule has 0 fully saturated rings. The molecule has 0 aliphatic rings. The molecule has 10 heteroatoms. The van der Waals surface area contributed by atoms with Crippen molar-refractivity contribution < 1.29 is 31.5 Å². The Morgan fingerprint density at radius 1 is 0.939 bits per heavy atom. The number of benzene rings is 3. The molecule has 6 nitrogen and oxygen atoms in total. The Morgan fingerprint density at radius 3 is 2.27 bits per heavy atom. The van der Waals surface area contributed by atoms with Crippen LogP contribution in [0.1, 0.15) is 21.5 Å². The van der Waals surface area contributed by atoms with E-state index in [1.807, 2.05) is 6.07 Å². The van der Waals surface area contributed by atoms with E-state index in [0.29, 0.717) is 6.07 Å². The van der Waals surface area contributed by atoms with Crippen molar-refractivity contribution in [2.75, 3.05) is 17.9 Å². The highest BCUT2D eigenvalue weighted by Gasteiger charge is 2.32. The van der Waals surface area contributed by atoms with Gasteiger partial charge in [0.2, 0.25) is 0 Å². The Labute approximate surface area is 189 Å². The number of aliphatic hydroxyl groups is 1. The molecular weight excluding hydrogens is 457 g/mol. The molecule has 3 aromatic rings. The lowest BCUT2D eigenvalue weighted by Crippen LogP contribution is -2.33. The van der Waals surface area contributed by atoms with Gasteiger partial charge in [-0.2, -0.15) is 13.2 Å². The number of hydrogen-bond donors (Lipinski definition) is 2. The van der Waals surface area contributed by atoms with Crippen molar-refractivity contribution in [3.8, 4) is 0 Å². The van der Waals surface area contributed by atoms with Crippen LogP contribution < -0.4 is 4.72 Å². The first kappa shape index (κ1) is 24.3. The molecule has 0 aromatic heterocycles. The molecule has 1 amide bonds. The lowest BCUT2D eigenvalue weighted by molar-refractivity contribution is -0.137. The fourth-order valence-electron chi connectivity index (χ4n) is 3.15. The summed E-state index contributed by atoms with van der Waals surface area (Å²) >= 11 is 0. The lowest BCUT2D eigenvalue weighted by Gasteiger charge is -2.23. The van der Waals surface area contributed by atoms with Crippen molar-refractivity contribution in [1.29, 1.82) is 0 Å². The normalized spacial score (nSPS) is 11.8. The van der Waals surface area contributed by atoms with Gasteiger partial charge >= 0.3 is 6.18 Å². The molecule has 3 rings (SSSR count). The lowest BCUT2D eigenvalue weighted by atomic mass is 10.1. The zero-order chi connectivity index (χ0) is 24.1. The van der Waals surface area contributed by atoms with Gasteiger partial charge in [-0.3, -0.25) is 9.52 Å². The molecule has 0 spiro atoms. The van der Waals surface area contributed by atoms with Gasteiger partial charge < -0.3 is 10.0 Å². The van der Waals surface area contributed by atoms with Crippen LogP contribution in [-0.4, -0.2) is 37.5 Å². The van der Waals surface area contributed by atoms with Gasteiger partial charge in [0.15, 0.2) is 0 Å². The minimum Gasteiger partial charge on any atom is -0.395 e. The van der Waals surface area contributed by atoms with Crippen LogP contribution in [0.25, 0.3) is 0 Å². The molecule has 0 radical (unpaired) electrons. The average Bonchev–Trinajstić information content (AvgIpc) is 2.79. The van der Waals surface area contributed by atoms with Crippen molar-refractivity contribution >= 4 is 21.6 Å². The average molecular weight is 478 g/mol. The van der Waals surface area contributed by atoms with Crippen molar-refractivity contribution in [2.45, 2.75) is 17.6 Å². The van der Waals surface area contributed by atoms with E-state index in [9.17, 15) is 31.5 Å². The molecule has 33 heavy (non-hydrogen) atoms. The second kappa shape index (κ2) is 10.1. The van der Waals surface area contributed by atoms with Gasteiger partial charge in [-0.05, 0) is 35.9 Å². The van der Waals surface area contributed by atoms with Crippen LogP contribution in [-0.2, 0) is 22.7 Å². The largest absolute Gasteiger partial charge is 0.416 e. The molecule has 0 saturated heterocycles. The number of aliphatic hydroxyl groups excluding tert-OH is 1. The highest BCUT2D eigenvalue weighted by atomic mass is 32.2. The van der Waals surface area contributed by atoms with E-state index in [0.717, 1.165) is 23.8 Å². The summed E-state index contributed by atoms with van der Waals surface area (Å²) in [7, 11) is -4.42. The summed E-state index contributed by atoms with van der Waals surface area (Å²) in [5, 5.41) is 9.41. The maximum absolute atomic E-state index is 13.2. The molecule has 3 aromatic carbocycles. The van der Waals surface area contributed by atoms with Crippen molar-refractivity contribution in [2.24, 2.45) is 0 Å². The molecule has 0 bridgehead atoms. The second-order valence-corrected chi connectivity index (χ2v) is 8.79. The van der Waals surface area contributed by atoms with Gasteiger partial charge in [-0.25, -0.2) is 8.42 Å². The number of hydrogen-bond acceptors (Lipinski definition) is 4. The topological polar surface area (TPSA) is 86.7 Å². The quantitative estimate of drug-likeness (QED) is 0.510. The molecule has 0 saturated carbocycles. The van der Waals surface area contributed by atoms with Gasteiger partial charge in [-0.1, -0.05) is 48.5 Å². The molecule has 0 aliphatic carbocycles. The van der Waals surface area contributed by atoms with Crippen LogP contribution in [0.2, 0.25) is 0 Å². The van der Waals surface area contributed by atoms with E-state index in [-0.39, 0.29) is 30.9 Å². The molecule has 0 unspecified atom stereocenters. The second-order valence-electron chi connectivity index (χ2n) is 7.11. The molecule has 0 heterocycles. The van der Waals surface area contributed by atoms with Gasteiger partial charge in [0.05, 0.1) is 28.3 Å². The van der Waals surface area contributed by atoms with E-state index in [1.54, 1.807) is 24.3 Å². The SMILES string of the molecule is O=C(c1ccccc1NS(=O)(=O)c1cccc(C(F)(F)F)c1)N(CCO)Cc1ccccc1. The van der Waals surface area contributed by atoms with Gasteiger partial charge in [0, 0.05) is 13.1 Å². The Balaban J connectivity index is 1.91. The first-order valence-corrected chi connectivity index (χ1v) is 11.3. The minimum absolute atomic E-state index is 0.00238. The van der Waals surface area contributed by atoms with E-state index in [1.165, 1.54) is 29.2 Å². The summed E-state index contributed by atoms with van der Waals surface area (Å²) in [5.74, 6) is -0.546. The number of alkyl halides is 3. The molecule has 0 aliphatic heterocycles. The first-order valence-electron chi connectivity index (χ1n) is 9.85. The monoisotopic (exact) mass is 478 g/mol. The number of anilines is 1. The maximum Gasteiger partial charge on any atom is 0.416 e. The molecular formula is C23H21F3N2O4S. The van der Waals surface area contributed by atoms with Crippen LogP contribution in [0, 0.1) is 0 Å². The van der Waals surface area contributed by atoms with Crippen molar-refractivity contribution in [3.05, 3.63) is 95.6 Å². The smallest absolute Gasteiger partial charge is 0.395 e. The summed E-state index contributed by atoms with van der Waals surface area (Å²) in [6.45, 7) is -0.131. The number of sulfonamides is 1. The molecule has 0 atom stereocenters. The Bertz CT molecular complexity index is 1220. The minimum atomic E-state index is -4.71. The van der Waals surface area contributed by atoms with E-state index < -0.39 is 32.6 Å². The highest BCUT2D eigenvalue weighted by molar-refractivity contribution is 7.92. The first-order chi connectivity index (χ1) is 15.6. The van der Waals surface area contributed by atoms with E-state index in [2.05, 4.69) is 4.72 Å². The molecule has 174 valence electrons. The summed E-state index contributed by atoms with van der Waals surface area (Å²) < 4.78 is 66.8. The number of amides is 1. The van der Waals surface area contributed by atoms with E-state index in [4.69, 9.17) is 0 Å². The fourth-order valence-corrected chi connectivity index (χ4v) is 4.27. The number of carbonyl (C=O) groups is 1. The predicted molar refractivity (Wildman–Crippen MR) is 117 cm³/mol. The number of halogens is 3. The standard InChI is InChI=1S/C23H21F3N2O4S/c24-23(25,26)18-9-6-10-19(15-18)33(31,32)27-21-12-5-4-11-20(21)22(30)28(13-14-29)16-17-7-2-1-3-8-17/h1-12,15,27,29H,13-14,16H2. The van der Waals surface area contributed by atoms with Crippen LogP contribution in [0.5, 0.6) is 0 Å². The predicted octanol–water partition coefficient (Wildman–Crippen LogP) is 4.14. The van der Waals surface area contributed by atoms with Crippen molar-refractivity contribution in [3.63, 3.8) is 0 Å². The Morgan fingerprint density at radius 2 is 1.61 bits per heavy atom. The number of nitrogens with one attached hydrogen (secondary N) is 1. The fraction of sp³-hybridized carbons (Fsp3) is 0.174. The highest BCUT2D eigenvalue weighted by Crippen LogP contribution is 2.31. The summed E-state index contributed by atoms with van der Waals surface area (Å²) in [4.78, 5) is 14.0. The van der Waals surface area contributed by atoms with Crippen LogP contribution in [0.4, 0.5) is 18.9 Å². The van der Waals surface area contributed by atoms with Gasteiger partial charge in [-0.15, -0.1) is 0 Å². The summed E-state index contributed by atoms with van der Waals surface area (Å²) in [6, 6.07) is 18.1. The maximum atomic E-state index is 13.2. The number of carbonyl (C=O) groups excluding carboxylic acids is 1. The van der Waals surface area contributed by atoms with E-state index >= 15 is 0 Å². The zero-order valence-electron chi connectivity index (χ0n) is 17.3. The van der Waals surface area contributed by atoms with Crippen LogP contribution in [0.15, 0.2) is 83.8 Å². The van der Waals surface area contributed by atoms with Crippen LogP contribution in [0.3, 0.4) is 0 Å². The zero-order valence-corrected chi connectivity index (χ0v) is 18.1. The third-order valence-electron chi connectivity index (χ3n) is 4.75. The number of rotatable bonds is 8. The van der Waals surface area contributed by atoms with Gasteiger partial charge in [0.1, 0.15) is 0 Å². The summed E-state index contributed by atoms with van der Waals surface area (Å²) in [5.41, 5.74) is -0.388. The Kier molecular flexibility index (Phi) is 7.39. The van der Waals surface area contributed by atoms with Gasteiger partial charge in [0.25, 0.3) is 15.9 Å². The third kappa shape index (κ3) is 6.11. The third-order valence-corrected chi connectivity index (χ3v) is 6.11. The number of nitrogens with zero attached hydrogens (tertiary/aromatic N) is 1. The van der Waals surface area contributed by atoms with Crippen LogP contribution >= 0.6 is 0 Å². The Hall–Kier alpha value is -3.37.